The van der Waals surface area contributed by atoms with Crippen LogP contribution in [-0.4, -0.2) is 51.1 Å². The Morgan fingerprint density at radius 3 is 2.38 bits per heavy atom. The molecule has 2 aliphatic heterocycles. The van der Waals surface area contributed by atoms with Crippen molar-refractivity contribution in [3.05, 3.63) is 56.7 Å². The monoisotopic (exact) mass is 515 g/mol. The number of imide groups is 1. The van der Waals surface area contributed by atoms with Gasteiger partial charge < -0.3 is 9.47 Å². The predicted octanol–water partition coefficient (Wildman–Crippen LogP) is 5.30. The second kappa shape index (κ2) is 9.67. The normalized spacial score (nSPS) is 18.5. The number of amides is 3. The molecule has 0 saturated carbocycles. The van der Waals surface area contributed by atoms with E-state index in [4.69, 9.17) is 0 Å². The number of nitrogens with zero attached hydrogens (tertiary/aromatic N) is 3. The van der Waals surface area contributed by atoms with Gasteiger partial charge >= 0.3 is 0 Å². The highest BCUT2D eigenvalue weighted by Crippen LogP contribution is 2.34. The number of hydrogen-bond donors (Lipinski definition) is 0. The van der Waals surface area contributed by atoms with Crippen LogP contribution in [0.2, 0.25) is 0 Å². The van der Waals surface area contributed by atoms with Gasteiger partial charge in [0, 0.05) is 34.6 Å². The van der Waals surface area contributed by atoms with Crippen molar-refractivity contribution in [3.8, 4) is 5.69 Å². The van der Waals surface area contributed by atoms with Gasteiger partial charge in [-0.1, -0.05) is 28.8 Å². The number of aryl methyl sites for hydroxylation is 1. The van der Waals surface area contributed by atoms with E-state index >= 15 is 0 Å². The molecule has 2 aliphatic rings. The van der Waals surface area contributed by atoms with Gasteiger partial charge in [-0.2, -0.15) is 0 Å². The SMILES string of the molecule is Cc1cc(C=C2SC(=O)N(CC(=O)N3CCCCCC3)C2=O)c(C)n1-c1ccc(Br)cc1. The highest BCUT2D eigenvalue weighted by molar-refractivity contribution is 9.10. The average molecular weight is 516 g/mol. The van der Waals surface area contributed by atoms with Crippen molar-refractivity contribution in [2.75, 3.05) is 19.6 Å². The van der Waals surface area contributed by atoms with Crippen LogP contribution >= 0.6 is 27.7 Å². The lowest BCUT2D eigenvalue weighted by molar-refractivity contribution is -0.135. The average Bonchev–Trinajstić information content (AvgIpc) is 3.05. The molecule has 1 aromatic heterocycles. The third-order valence-corrected chi connectivity index (χ3v) is 7.40. The van der Waals surface area contributed by atoms with Crippen LogP contribution in [0.3, 0.4) is 0 Å². The molecule has 1 aromatic carbocycles. The van der Waals surface area contributed by atoms with Gasteiger partial charge in [0.2, 0.25) is 5.91 Å². The van der Waals surface area contributed by atoms with E-state index in [2.05, 4.69) is 20.5 Å². The van der Waals surface area contributed by atoms with Gasteiger partial charge in [-0.05, 0) is 80.4 Å². The van der Waals surface area contributed by atoms with E-state index in [1.165, 1.54) is 0 Å². The Morgan fingerprint density at radius 2 is 1.72 bits per heavy atom. The Balaban J connectivity index is 1.53. The fourth-order valence-electron chi connectivity index (χ4n) is 4.25. The lowest BCUT2D eigenvalue weighted by Crippen LogP contribution is -2.42. The topological polar surface area (TPSA) is 62.6 Å². The Labute approximate surface area is 200 Å². The van der Waals surface area contributed by atoms with Crippen molar-refractivity contribution < 1.29 is 14.4 Å². The van der Waals surface area contributed by atoms with Crippen molar-refractivity contribution in [2.45, 2.75) is 39.5 Å². The Morgan fingerprint density at radius 1 is 1.06 bits per heavy atom. The summed E-state index contributed by atoms with van der Waals surface area (Å²) >= 11 is 4.36. The molecule has 0 unspecified atom stereocenters. The first-order chi connectivity index (χ1) is 15.3. The molecular formula is C24H26BrN3O3S. The standard InChI is InChI=1S/C24H26BrN3O3S/c1-16-13-18(17(2)28(16)20-9-7-19(25)8-10-20)14-21-23(30)27(24(31)32-21)15-22(29)26-11-5-3-4-6-12-26/h7-10,13-14H,3-6,11-12,15H2,1-2H3. The summed E-state index contributed by atoms with van der Waals surface area (Å²) in [5.74, 6) is -0.541. The third kappa shape index (κ3) is 4.71. The number of hydrogen-bond acceptors (Lipinski definition) is 4. The molecule has 0 radical (unpaired) electrons. The molecule has 2 aromatic rings. The third-order valence-electron chi connectivity index (χ3n) is 5.97. The van der Waals surface area contributed by atoms with Crippen LogP contribution in [0.15, 0.2) is 39.7 Å². The fraction of sp³-hybridized carbons (Fsp3) is 0.375. The van der Waals surface area contributed by atoms with Crippen molar-refractivity contribution >= 4 is 50.8 Å². The first kappa shape index (κ1) is 22.9. The van der Waals surface area contributed by atoms with Crippen molar-refractivity contribution in [3.63, 3.8) is 0 Å². The second-order valence-corrected chi connectivity index (χ2v) is 10.1. The Bertz CT molecular complexity index is 1080. The molecule has 2 fully saturated rings. The largest absolute Gasteiger partial charge is 0.341 e. The molecule has 168 valence electrons. The number of likely N-dealkylation sites (tertiary alicyclic amines) is 1. The molecule has 6 nitrogen and oxygen atoms in total. The minimum absolute atomic E-state index is 0.149. The summed E-state index contributed by atoms with van der Waals surface area (Å²) < 4.78 is 3.12. The van der Waals surface area contributed by atoms with Crippen LogP contribution < -0.4 is 0 Å². The Kier molecular flexibility index (Phi) is 6.90. The zero-order valence-electron chi connectivity index (χ0n) is 18.3. The van der Waals surface area contributed by atoms with Gasteiger partial charge in [0.15, 0.2) is 0 Å². The van der Waals surface area contributed by atoms with Gasteiger partial charge in [0.25, 0.3) is 11.1 Å². The van der Waals surface area contributed by atoms with E-state index in [0.717, 1.165) is 69.5 Å². The molecule has 0 aliphatic carbocycles. The van der Waals surface area contributed by atoms with E-state index in [1.54, 1.807) is 11.0 Å². The highest BCUT2D eigenvalue weighted by Gasteiger charge is 2.37. The van der Waals surface area contributed by atoms with Crippen molar-refractivity contribution in [2.24, 2.45) is 0 Å². The zero-order valence-corrected chi connectivity index (χ0v) is 20.7. The summed E-state index contributed by atoms with van der Waals surface area (Å²) in [5.41, 5.74) is 3.93. The van der Waals surface area contributed by atoms with E-state index in [0.29, 0.717) is 18.0 Å². The summed E-state index contributed by atoms with van der Waals surface area (Å²) in [6, 6.07) is 10.0. The molecule has 32 heavy (non-hydrogen) atoms. The summed E-state index contributed by atoms with van der Waals surface area (Å²) in [6.45, 7) is 5.23. The van der Waals surface area contributed by atoms with E-state index in [-0.39, 0.29) is 17.7 Å². The number of halogens is 1. The smallest absolute Gasteiger partial charge is 0.294 e. The maximum atomic E-state index is 13.0. The van der Waals surface area contributed by atoms with E-state index in [9.17, 15) is 14.4 Å². The lowest BCUT2D eigenvalue weighted by Gasteiger charge is -2.22. The lowest BCUT2D eigenvalue weighted by atomic mass is 10.2. The number of aromatic nitrogens is 1. The van der Waals surface area contributed by atoms with Gasteiger partial charge in [0.05, 0.1) is 4.91 Å². The summed E-state index contributed by atoms with van der Waals surface area (Å²) in [7, 11) is 0. The van der Waals surface area contributed by atoms with Gasteiger partial charge in [-0.3, -0.25) is 19.3 Å². The molecule has 0 spiro atoms. The molecule has 0 atom stereocenters. The number of carbonyl (C=O) groups excluding carboxylic acids is 3. The quantitative estimate of drug-likeness (QED) is 0.518. The minimum atomic E-state index is -0.392. The first-order valence-electron chi connectivity index (χ1n) is 10.8. The maximum absolute atomic E-state index is 13.0. The number of benzene rings is 1. The van der Waals surface area contributed by atoms with Crippen LogP contribution in [-0.2, 0) is 9.59 Å². The zero-order chi connectivity index (χ0) is 22.8. The Hall–Kier alpha value is -2.32. The second-order valence-electron chi connectivity index (χ2n) is 8.20. The van der Waals surface area contributed by atoms with E-state index < -0.39 is 5.91 Å². The summed E-state index contributed by atoms with van der Waals surface area (Å²) in [6.07, 6.45) is 5.95. The molecule has 0 N–H and O–H groups in total. The van der Waals surface area contributed by atoms with Crippen LogP contribution in [0.1, 0.15) is 42.6 Å². The molecule has 8 heteroatoms. The highest BCUT2D eigenvalue weighted by atomic mass is 79.9. The van der Waals surface area contributed by atoms with Crippen LogP contribution in [0, 0.1) is 13.8 Å². The predicted molar refractivity (Wildman–Crippen MR) is 131 cm³/mol. The fourth-order valence-corrected chi connectivity index (χ4v) is 5.35. The van der Waals surface area contributed by atoms with Crippen molar-refractivity contribution in [1.29, 1.82) is 0 Å². The molecule has 2 saturated heterocycles. The molecule has 0 bridgehead atoms. The molecule has 3 heterocycles. The van der Waals surface area contributed by atoms with Gasteiger partial charge in [0.1, 0.15) is 6.54 Å². The molecular weight excluding hydrogens is 490 g/mol. The minimum Gasteiger partial charge on any atom is -0.341 e. The molecule has 3 amide bonds. The van der Waals surface area contributed by atoms with Crippen molar-refractivity contribution in [1.82, 2.24) is 14.4 Å². The van der Waals surface area contributed by atoms with E-state index in [1.807, 2.05) is 44.2 Å². The van der Waals surface area contributed by atoms with Crippen LogP contribution in [0.25, 0.3) is 11.8 Å². The first-order valence-corrected chi connectivity index (χ1v) is 12.4. The van der Waals surface area contributed by atoms with Gasteiger partial charge in [-0.15, -0.1) is 0 Å². The number of thioether (sulfide) groups is 1. The number of carbonyl (C=O) groups is 3. The maximum Gasteiger partial charge on any atom is 0.294 e. The number of rotatable bonds is 4. The van der Waals surface area contributed by atoms with Gasteiger partial charge in [-0.25, -0.2) is 0 Å². The van der Waals surface area contributed by atoms with Crippen LogP contribution in [0.5, 0.6) is 0 Å². The summed E-state index contributed by atoms with van der Waals surface area (Å²) in [5, 5.41) is -0.383. The summed E-state index contributed by atoms with van der Waals surface area (Å²) in [4.78, 5) is 41.4. The molecule has 4 rings (SSSR count). The van der Waals surface area contributed by atoms with Crippen LogP contribution in [0.4, 0.5) is 4.79 Å².